The average Bonchev–Trinajstić information content (AvgIpc) is 2.48. The van der Waals surface area contributed by atoms with Crippen LogP contribution >= 0.6 is 0 Å². The molecule has 0 aliphatic heterocycles. The third-order valence-electron chi connectivity index (χ3n) is 2.36. The van der Waals surface area contributed by atoms with Crippen LogP contribution in [0.2, 0.25) is 0 Å². The van der Waals surface area contributed by atoms with Crippen LogP contribution in [0.3, 0.4) is 0 Å². The fourth-order valence-electron chi connectivity index (χ4n) is 1.27. The monoisotopic (exact) mass is 314 g/mol. The Morgan fingerprint density at radius 3 is 2.45 bits per heavy atom. The quantitative estimate of drug-likeness (QED) is 0.390. The highest BCUT2D eigenvalue weighted by atomic mass is 19.1. The largest absolute Gasteiger partial charge is 0.509 e. The van der Waals surface area contributed by atoms with Gasteiger partial charge in [0.25, 0.3) is 0 Å². The van der Waals surface area contributed by atoms with E-state index >= 15 is 0 Å². The molecule has 0 amide bonds. The molecule has 1 aromatic rings. The number of esters is 2. The summed E-state index contributed by atoms with van der Waals surface area (Å²) in [5, 5.41) is 16.4. The molecule has 9 heteroatoms. The van der Waals surface area contributed by atoms with Gasteiger partial charge in [0.2, 0.25) is 5.70 Å². The van der Waals surface area contributed by atoms with E-state index in [1.165, 1.54) is 0 Å². The number of carbonyl (C=O) groups is 2. The highest BCUT2D eigenvalue weighted by molar-refractivity contribution is 5.89. The summed E-state index contributed by atoms with van der Waals surface area (Å²) in [4.78, 5) is 22.5. The van der Waals surface area contributed by atoms with Crippen molar-refractivity contribution in [2.24, 2.45) is 10.2 Å². The summed E-state index contributed by atoms with van der Waals surface area (Å²) in [6.07, 6.45) is -0.647. The maximum absolute atomic E-state index is 13.4. The second-order valence-corrected chi connectivity index (χ2v) is 3.84. The summed E-state index contributed by atoms with van der Waals surface area (Å²) in [5.74, 6) is -4.51. The van der Waals surface area contributed by atoms with Gasteiger partial charge in [0, 0.05) is 6.07 Å². The van der Waals surface area contributed by atoms with Crippen molar-refractivity contribution in [2.45, 2.75) is 6.42 Å². The Labute approximate surface area is 123 Å². The fraction of sp³-hybridized carbons (Fsp3) is 0.231. The molecule has 0 saturated carbocycles. The van der Waals surface area contributed by atoms with Gasteiger partial charge in [-0.3, -0.25) is 4.79 Å². The number of hydrogen-bond donors (Lipinski definition) is 1. The van der Waals surface area contributed by atoms with E-state index in [0.717, 1.165) is 26.4 Å². The molecule has 1 N–H and O–H groups in total. The molecule has 1 aromatic carbocycles. The molecule has 0 radical (unpaired) electrons. The first-order chi connectivity index (χ1) is 10.4. The predicted octanol–water partition coefficient (Wildman–Crippen LogP) is 2.55. The molecule has 0 spiro atoms. The van der Waals surface area contributed by atoms with Crippen LogP contribution in [0.1, 0.15) is 6.42 Å². The van der Waals surface area contributed by atoms with Crippen molar-refractivity contribution in [1.82, 2.24) is 0 Å². The summed E-state index contributed by atoms with van der Waals surface area (Å²) in [6, 6.07) is 2.50. The second-order valence-electron chi connectivity index (χ2n) is 3.84. The number of ether oxygens (including phenoxy) is 2. The molecule has 0 aliphatic carbocycles. The van der Waals surface area contributed by atoms with Crippen molar-refractivity contribution in [3.05, 3.63) is 41.3 Å². The van der Waals surface area contributed by atoms with Crippen LogP contribution in [0.4, 0.5) is 14.5 Å². The molecule has 7 nitrogen and oxygen atoms in total. The van der Waals surface area contributed by atoms with Gasteiger partial charge in [-0.25, -0.2) is 13.6 Å². The zero-order valence-electron chi connectivity index (χ0n) is 11.7. The maximum Gasteiger partial charge on any atom is 0.362 e. The van der Waals surface area contributed by atoms with Crippen LogP contribution in [0.25, 0.3) is 0 Å². The number of methoxy groups -OCH3 is 2. The standard InChI is InChI=1S/C13H12F2N2O5/c1-21-11(19)6-10(18)12(13(20)22-2)17-16-9-4-3-7(14)5-8(9)15/h3-5,18H,6H2,1-2H3. The van der Waals surface area contributed by atoms with E-state index in [9.17, 15) is 23.5 Å². The molecule has 0 unspecified atom stereocenters. The first-order valence-electron chi connectivity index (χ1n) is 5.83. The van der Waals surface area contributed by atoms with Crippen LogP contribution in [0.15, 0.2) is 39.9 Å². The van der Waals surface area contributed by atoms with Crippen molar-refractivity contribution in [3.63, 3.8) is 0 Å². The van der Waals surface area contributed by atoms with Crippen molar-refractivity contribution >= 4 is 17.6 Å². The van der Waals surface area contributed by atoms with Gasteiger partial charge in [0.05, 0.1) is 14.2 Å². The lowest BCUT2D eigenvalue weighted by molar-refractivity contribution is -0.140. The fourth-order valence-corrected chi connectivity index (χ4v) is 1.27. The third kappa shape index (κ3) is 4.62. The zero-order chi connectivity index (χ0) is 16.7. The Balaban J connectivity index is 3.13. The van der Waals surface area contributed by atoms with Gasteiger partial charge in [0.15, 0.2) is 5.82 Å². The number of aliphatic hydroxyl groups excluding tert-OH is 1. The number of halogens is 2. The molecule has 0 atom stereocenters. The molecular formula is C13H12F2N2O5. The van der Waals surface area contributed by atoms with E-state index in [0.29, 0.717) is 6.07 Å². The van der Waals surface area contributed by atoms with Gasteiger partial charge in [-0.1, -0.05) is 0 Å². The van der Waals surface area contributed by atoms with E-state index in [1.54, 1.807) is 0 Å². The normalized spacial score (nSPS) is 12.0. The number of rotatable bonds is 5. The SMILES string of the molecule is COC(=O)CC(O)=C(N=Nc1ccc(F)cc1F)C(=O)OC. The van der Waals surface area contributed by atoms with E-state index in [-0.39, 0.29) is 5.69 Å². The molecule has 0 saturated heterocycles. The topological polar surface area (TPSA) is 97.5 Å². The van der Waals surface area contributed by atoms with Crippen molar-refractivity contribution < 1.29 is 33.0 Å². The predicted molar refractivity (Wildman–Crippen MR) is 69.2 cm³/mol. The molecule has 0 aromatic heterocycles. The Hall–Kier alpha value is -2.84. The minimum atomic E-state index is -1.09. The lowest BCUT2D eigenvalue weighted by Gasteiger charge is -2.03. The molecular weight excluding hydrogens is 302 g/mol. The van der Waals surface area contributed by atoms with Crippen LogP contribution in [0, 0.1) is 11.6 Å². The number of aliphatic hydroxyl groups is 1. The molecule has 0 bridgehead atoms. The van der Waals surface area contributed by atoms with Crippen molar-refractivity contribution in [1.29, 1.82) is 0 Å². The molecule has 0 aliphatic rings. The maximum atomic E-state index is 13.4. The van der Waals surface area contributed by atoms with Gasteiger partial charge in [-0.2, -0.15) is 0 Å². The Kier molecular flexibility index (Phi) is 6.11. The lowest BCUT2D eigenvalue weighted by atomic mass is 10.3. The Morgan fingerprint density at radius 2 is 1.91 bits per heavy atom. The zero-order valence-corrected chi connectivity index (χ0v) is 11.7. The molecule has 22 heavy (non-hydrogen) atoms. The van der Waals surface area contributed by atoms with Crippen molar-refractivity contribution in [3.8, 4) is 0 Å². The molecule has 118 valence electrons. The highest BCUT2D eigenvalue weighted by Gasteiger charge is 2.19. The number of benzene rings is 1. The lowest BCUT2D eigenvalue weighted by Crippen LogP contribution is -2.09. The molecule has 0 fully saturated rings. The van der Waals surface area contributed by atoms with Gasteiger partial charge in [-0.05, 0) is 12.1 Å². The van der Waals surface area contributed by atoms with Gasteiger partial charge < -0.3 is 14.6 Å². The average molecular weight is 314 g/mol. The first-order valence-corrected chi connectivity index (χ1v) is 5.83. The van der Waals surface area contributed by atoms with Gasteiger partial charge in [0.1, 0.15) is 23.7 Å². The van der Waals surface area contributed by atoms with E-state index in [1.807, 2.05) is 0 Å². The number of azo groups is 1. The van der Waals surface area contributed by atoms with Crippen LogP contribution < -0.4 is 0 Å². The van der Waals surface area contributed by atoms with Crippen LogP contribution in [0.5, 0.6) is 0 Å². The molecule has 1 rings (SSSR count). The smallest absolute Gasteiger partial charge is 0.362 e. The van der Waals surface area contributed by atoms with E-state index < -0.39 is 41.5 Å². The summed E-state index contributed by atoms with van der Waals surface area (Å²) in [6.45, 7) is 0. The summed E-state index contributed by atoms with van der Waals surface area (Å²) in [5.41, 5.74) is -1.06. The number of hydrogen-bond acceptors (Lipinski definition) is 7. The van der Waals surface area contributed by atoms with Gasteiger partial charge in [-0.15, -0.1) is 10.2 Å². The third-order valence-corrected chi connectivity index (χ3v) is 2.36. The van der Waals surface area contributed by atoms with E-state index in [4.69, 9.17) is 0 Å². The summed E-state index contributed by atoms with van der Waals surface area (Å²) < 4.78 is 34.8. The van der Waals surface area contributed by atoms with Crippen LogP contribution in [-0.4, -0.2) is 31.3 Å². The minimum absolute atomic E-state index is 0.367. The Morgan fingerprint density at radius 1 is 1.23 bits per heavy atom. The first kappa shape index (κ1) is 17.2. The highest BCUT2D eigenvalue weighted by Crippen LogP contribution is 2.21. The number of carbonyl (C=O) groups excluding carboxylic acids is 2. The van der Waals surface area contributed by atoms with Crippen LogP contribution in [-0.2, 0) is 19.1 Å². The summed E-state index contributed by atoms with van der Waals surface area (Å²) in [7, 11) is 2.10. The second kappa shape index (κ2) is 7.81. The minimum Gasteiger partial charge on any atom is -0.509 e. The van der Waals surface area contributed by atoms with Gasteiger partial charge >= 0.3 is 11.9 Å². The Bertz CT molecular complexity index is 643. The van der Waals surface area contributed by atoms with E-state index in [2.05, 4.69) is 19.7 Å². The summed E-state index contributed by atoms with van der Waals surface area (Å²) >= 11 is 0. The molecule has 0 heterocycles. The van der Waals surface area contributed by atoms with Crippen molar-refractivity contribution in [2.75, 3.05) is 14.2 Å². The number of nitrogens with zero attached hydrogens (tertiary/aromatic N) is 2.